The molecule has 0 fully saturated rings. The predicted octanol–water partition coefficient (Wildman–Crippen LogP) is 3.07. The van der Waals surface area contributed by atoms with Crippen molar-refractivity contribution in [3.05, 3.63) is 34.5 Å². The van der Waals surface area contributed by atoms with Crippen LogP contribution in [-0.2, 0) is 4.74 Å². The van der Waals surface area contributed by atoms with E-state index in [1.165, 1.54) is 0 Å². The summed E-state index contributed by atoms with van der Waals surface area (Å²) in [6, 6.07) is 5.77. The highest BCUT2D eigenvalue weighted by Crippen LogP contribution is 2.23. The van der Waals surface area contributed by atoms with Crippen molar-refractivity contribution in [2.75, 3.05) is 14.2 Å². The molecule has 70 valence electrons. The van der Waals surface area contributed by atoms with E-state index in [9.17, 15) is 0 Å². The van der Waals surface area contributed by atoms with Crippen molar-refractivity contribution < 1.29 is 9.47 Å². The summed E-state index contributed by atoms with van der Waals surface area (Å²) in [5.41, 5.74) is 1.06. The van der Waals surface area contributed by atoms with Crippen LogP contribution >= 0.6 is 15.9 Å². The molecule has 13 heavy (non-hydrogen) atoms. The van der Waals surface area contributed by atoms with Crippen molar-refractivity contribution in [3.8, 4) is 5.75 Å². The summed E-state index contributed by atoms with van der Waals surface area (Å²) >= 11 is 3.43. The highest BCUT2D eigenvalue weighted by Gasteiger charge is 1.97. The van der Waals surface area contributed by atoms with Gasteiger partial charge in [0.05, 0.1) is 20.5 Å². The second-order valence-electron chi connectivity index (χ2n) is 2.43. The molecule has 0 spiro atoms. The Balaban J connectivity index is 2.91. The minimum Gasteiger partial charge on any atom is -0.504 e. The monoisotopic (exact) mass is 242 g/mol. The Morgan fingerprint density at radius 3 is 2.62 bits per heavy atom. The van der Waals surface area contributed by atoms with Gasteiger partial charge in [0.25, 0.3) is 0 Å². The van der Waals surface area contributed by atoms with Crippen molar-refractivity contribution in [2.24, 2.45) is 0 Å². The molecule has 0 saturated carbocycles. The molecule has 0 saturated heterocycles. The zero-order chi connectivity index (χ0) is 9.68. The highest BCUT2D eigenvalue weighted by atomic mass is 79.9. The van der Waals surface area contributed by atoms with Crippen molar-refractivity contribution in [2.45, 2.75) is 0 Å². The fourth-order valence-corrected chi connectivity index (χ4v) is 1.40. The predicted molar refractivity (Wildman–Crippen MR) is 56.7 cm³/mol. The van der Waals surface area contributed by atoms with Gasteiger partial charge < -0.3 is 9.47 Å². The van der Waals surface area contributed by atoms with E-state index in [-0.39, 0.29) is 0 Å². The normalized spacial score (nSPS) is 10.4. The topological polar surface area (TPSA) is 18.5 Å². The summed E-state index contributed by atoms with van der Waals surface area (Å²) in [5.74, 6) is 0.835. The molecule has 0 unspecified atom stereocenters. The fourth-order valence-electron chi connectivity index (χ4n) is 0.911. The highest BCUT2D eigenvalue weighted by molar-refractivity contribution is 9.10. The van der Waals surface area contributed by atoms with Gasteiger partial charge >= 0.3 is 0 Å². The number of rotatable bonds is 3. The maximum Gasteiger partial charge on any atom is 0.120 e. The Kier molecular flexibility index (Phi) is 3.83. The maximum absolute atomic E-state index is 5.07. The van der Waals surface area contributed by atoms with E-state index in [0.717, 1.165) is 15.8 Å². The smallest absolute Gasteiger partial charge is 0.120 e. The number of hydrogen-bond acceptors (Lipinski definition) is 2. The third kappa shape index (κ3) is 2.77. The molecular formula is C10H11BrO2. The van der Waals surface area contributed by atoms with Gasteiger partial charge in [-0.2, -0.15) is 0 Å². The van der Waals surface area contributed by atoms with E-state index >= 15 is 0 Å². The van der Waals surface area contributed by atoms with Crippen LogP contribution in [0.25, 0.3) is 6.08 Å². The van der Waals surface area contributed by atoms with Crippen LogP contribution in [0, 0.1) is 0 Å². The maximum atomic E-state index is 5.07. The van der Waals surface area contributed by atoms with Gasteiger partial charge in [-0.25, -0.2) is 0 Å². The van der Waals surface area contributed by atoms with Crippen LogP contribution in [0.5, 0.6) is 5.75 Å². The van der Waals surface area contributed by atoms with Crippen LogP contribution in [-0.4, -0.2) is 14.2 Å². The molecule has 1 aromatic carbocycles. The van der Waals surface area contributed by atoms with Gasteiger partial charge in [-0.1, -0.05) is 22.0 Å². The second-order valence-corrected chi connectivity index (χ2v) is 3.28. The van der Waals surface area contributed by atoms with Gasteiger partial charge in [-0.3, -0.25) is 0 Å². The van der Waals surface area contributed by atoms with Crippen LogP contribution in [0.1, 0.15) is 5.56 Å². The van der Waals surface area contributed by atoms with E-state index in [1.54, 1.807) is 20.5 Å². The van der Waals surface area contributed by atoms with Crippen molar-refractivity contribution in [1.82, 2.24) is 0 Å². The first-order valence-electron chi connectivity index (χ1n) is 3.81. The number of hydrogen-bond donors (Lipinski definition) is 0. The summed E-state index contributed by atoms with van der Waals surface area (Å²) in [4.78, 5) is 0. The summed E-state index contributed by atoms with van der Waals surface area (Å²) in [5, 5.41) is 0. The van der Waals surface area contributed by atoms with Gasteiger partial charge in [0.15, 0.2) is 0 Å². The number of methoxy groups -OCH3 is 2. The van der Waals surface area contributed by atoms with Gasteiger partial charge in [0, 0.05) is 4.47 Å². The molecule has 1 rings (SSSR count). The lowest BCUT2D eigenvalue weighted by atomic mass is 10.2. The lowest BCUT2D eigenvalue weighted by Gasteiger charge is -2.02. The summed E-state index contributed by atoms with van der Waals surface area (Å²) < 4.78 is 10.9. The van der Waals surface area contributed by atoms with Gasteiger partial charge in [-0.05, 0) is 23.8 Å². The molecule has 3 heteroatoms. The number of benzene rings is 1. The first-order chi connectivity index (χ1) is 6.27. The van der Waals surface area contributed by atoms with E-state index in [1.807, 2.05) is 24.3 Å². The molecule has 0 heterocycles. The molecule has 0 aromatic heterocycles. The average molecular weight is 243 g/mol. The molecule has 0 aliphatic heterocycles. The first-order valence-corrected chi connectivity index (χ1v) is 4.60. The largest absolute Gasteiger partial charge is 0.504 e. The molecule has 0 aliphatic rings. The first kappa shape index (κ1) is 10.1. The third-order valence-electron chi connectivity index (χ3n) is 1.59. The quantitative estimate of drug-likeness (QED) is 0.759. The standard InChI is InChI=1S/C10H11BrO2/c1-12-6-5-8-3-4-9(13-2)7-10(8)11/h3-7H,1-2H3/b6-5+. The Morgan fingerprint density at radius 2 is 2.08 bits per heavy atom. The molecule has 2 nitrogen and oxygen atoms in total. The van der Waals surface area contributed by atoms with Crippen LogP contribution in [0.15, 0.2) is 28.9 Å². The molecule has 0 bridgehead atoms. The van der Waals surface area contributed by atoms with Crippen LogP contribution < -0.4 is 4.74 Å². The Bertz CT molecular complexity index is 308. The zero-order valence-corrected chi connectivity index (χ0v) is 9.17. The molecule has 0 amide bonds. The van der Waals surface area contributed by atoms with Crippen molar-refractivity contribution in [1.29, 1.82) is 0 Å². The Hall–Kier alpha value is -0.960. The minimum atomic E-state index is 0.835. The second kappa shape index (κ2) is 4.92. The fraction of sp³-hybridized carbons (Fsp3) is 0.200. The molecule has 0 aliphatic carbocycles. The van der Waals surface area contributed by atoms with Crippen molar-refractivity contribution in [3.63, 3.8) is 0 Å². The van der Waals surface area contributed by atoms with Gasteiger partial charge in [-0.15, -0.1) is 0 Å². The summed E-state index contributed by atoms with van der Waals surface area (Å²) in [6.45, 7) is 0. The molecule has 0 N–H and O–H groups in total. The third-order valence-corrected chi connectivity index (χ3v) is 2.28. The van der Waals surface area contributed by atoms with E-state index in [2.05, 4.69) is 15.9 Å². The molecule has 1 aromatic rings. The average Bonchev–Trinajstić information content (AvgIpc) is 2.16. The Labute approximate surface area is 86.3 Å². The van der Waals surface area contributed by atoms with Gasteiger partial charge in [0.1, 0.15) is 5.75 Å². The lowest BCUT2D eigenvalue weighted by molar-refractivity contribution is 0.341. The van der Waals surface area contributed by atoms with Crippen LogP contribution in [0.2, 0.25) is 0 Å². The molecule has 0 radical (unpaired) electrons. The summed E-state index contributed by atoms with van der Waals surface area (Å²) in [6.07, 6.45) is 3.51. The number of halogens is 1. The summed E-state index contributed by atoms with van der Waals surface area (Å²) in [7, 11) is 3.26. The number of ether oxygens (including phenoxy) is 2. The van der Waals surface area contributed by atoms with Gasteiger partial charge in [0.2, 0.25) is 0 Å². The Morgan fingerprint density at radius 1 is 1.31 bits per heavy atom. The van der Waals surface area contributed by atoms with Crippen LogP contribution in [0.4, 0.5) is 0 Å². The van der Waals surface area contributed by atoms with E-state index in [0.29, 0.717) is 0 Å². The minimum absolute atomic E-state index is 0.835. The SMILES string of the molecule is CO/C=C/c1ccc(OC)cc1Br. The van der Waals surface area contributed by atoms with E-state index in [4.69, 9.17) is 9.47 Å². The molecule has 0 atom stereocenters. The molecular weight excluding hydrogens is 232 g/mol. The zero-order valence-electron chi connectivity index (χ0n) is 7.58. The van der Waals surface area contributed by atoms with E-state index < -0.39 is 0 Å². The van der Waals surface area contributed by atoms with Crippen LogP contribution in [0.3, 0.4) is 0 Å². The van der Waals surface area contributed by atoms with Crippen molar-refractivity contribution >= 4 is 22.0 Å². The lowest BCUT2D eigenvalue weighted by Crippen LogP contribution is -1.83.